The molecule has 2 atom stereocenters. The van der Waals surface area contributed by atoms with Crippen molar-refractivity contribution < 1.29 is 4.79 Å². The van der Waals surface area contributed by atoms with Crippen molar-refractivity contribution in [2.24, 2.45) is 0 Å². The number of amides is 1. The highest BCUT2D eigenvalue weighted by atomic mass is 16.2. The molecule has 2 saturated heterocycles. The van der Waals surface area contributed by atoms with Crippen LogP contribution in [-0.2, 0) is 4.79 Å². The first-order chi connectivity index (χ1) is 8.83. The second-order valence-corrected chi connectivity index (χ2v) is 5.02. The van der Waals surface area contributed by atoms with Gasteiger partial charge < -0.3 is 4.90 Å². The molecule has 2 fully saturated rings. The number of fused-ring (bicyclic) bond motifs is 2. The minimum absolute atomic E-state index is 0.158. The van der Waals surface area contributed by atoms with Crippen LogP contribution in [0.3, 0.4) is 0 Å². The summed E-state index contributed by atoms with van der Waals surface area (Å²) >= 11 is 0. The Balaban J connectivity index is 1.66. The minimum atomic E-state index is 0.158. The van der Waals surface area contributed by atoms with E-state index in [9.17, 15) is 4.79 Å². The van der Waals surface area contributed by atoms with Crippen LogP contribution < -0.4 is 0 Å². The predicted octanol–water partition coefficient (Wildman–Crippen LogP) is 1.62. The van der Waals surface area contributed by atoms with Crippen molar-refractivity contribution in [1.29, 1.82) is 0 Å². The lowest BCUT2D eigenvalue weighted by molar-refractivity contribution is -0.129. The summed E-state index contributed by atoms with van der Waals surface area (Å²) in [4.78, 5) is 16.7. The molecular weight excluding hydrogens is 224 g/mol. The fourth-order valence-corrected chi connectivity index (χ4v) is 2.82. The minimum Gasteiger partial charge on any atom is -0.334 e. The van der Waals surface area contributed by atoms with E-state index in [1.807, 2.05) is 41.3 Å². The van der Waals surface area contributed by atoms with E-state index in [4.69, 9.17) is 0 Å². The van der Waals surface area contributed by atoms with Gasteiger partial charge in [-0.1, -0.05) is 30.3 Å². The molecule has 0 radical (unpaired) electrons. The number of carbonyl (C=O) groups is 1. The zero-order valence-corrected chi connectivity index (χ0v) is 10.5. The Labute approximate surface area is 108 Å². The van der Waals surface area contributed by atoms with Gasteiger partial charge in [-0.05, 0) is 18.1 Å². The van der Waals surface area contributed by atoms with E-state index in [1.54, 1.807) is 6.08 Å². The molecule has 0 saturated carbocycles. The fourth-order valence-electron chi connectivity index (χ4n) is 2.82. The first kappa shape index (κ1) is 11.5. The smallest absolute Gasteiger partial charge is 0.246 e. The van der Waals surface area contributed by atoms with Gasteiger partial charge in [-0.15, -0.1) is 0 Å². The molecule has 2 unspecified atom stereocenters. The molecule has 3 nitrogen and oxygen atoms in total. The van der Waals surface area contributed by atoms with Gasteiger partial charge in [0.25, 0.3) is 0 Å². The summed E-state index contributed by atoms with van der Waals surface area (Å²) in [6.45, 7) is 4.12. The van der Waals surface area contributed by atoms with E-state index in [-0.39, 0.29) is 5.91 Å². The molecule has 1 aromatic carbocycles. The molecule has 2 bridgehead atoms. The molecule has 0 aliphatic carbocycles. The van der Waals surface area contributed by atoms with Gasteiger partial charge in [0.05, 0.1) is 0 Å². The maximum Gasteiger partial charge on any atom is 0.246 e. The monoisotopic (exact) mass is 242 g/mol. The van der Waals surface area contributed by atoms with Gasteiger partial charge in [0, 0.05) is 38.3 Å². The third-order valence-corrected chi connectivity index (χ3v) is 3.85. The van der Waals surface area contributed by atoms with E-state index in [0.29, 0.717) is 6.04 Å². The molecule has 2 heterocycles. The van der Waals surface area contributed by atoms with Gasteiger partial charge in [0.2, 0.25) is 5.91 Å². The highest BCUT2D eigenvalue weighted by Crippen LogP contribution is 2.20. The lowest BCUT2D eigenvalue weighted by Gasteiger charge is -2.33. The van der Waals surface area contributed by atoms with Crippen LogP contribution in [0, 0.1) is 0 Å². The zero-order valence-electron chi connectivity index (χ0n) is 10.5. The van der Waals surface area contributed by atoms with Crippen LogP contribution in [0.4, 0.5) is 0 Å². The quantitative estimate of drug-likeness (QED) is 0.736. The SMILES string of the molecule is O=C(/C=C/c1ccccc1)N1CCN2CCC1C2. The third-order valence-electron chi connectivity index (χ3n) is 3.85. The standard InChI is InChI=1S/C15H18N2O/c18-15(7-6-13-4-2-1-3-5-13)17-11-10-16-9-8-14(17)12-16/h1-7,14H,8-12H2/b7-6+. The molecule has 1 aromatic rings. The molecule has 94 valence electrons. The summed E-state index contributed by atoms with van der Waals surface area (Å²) in [6.07, 6.45) is 4.75. The summed E-state index contributed by atoms with van der Waals surface area (Å²) in [5.41, 5.74) is 1.08. The molecule has 3 rings (SSSR count). The third kappa shape index (κ3) is 2.31. The fraction of sp³-hybridized carbons (Fsp3) is 0.400. The summed E-state index contributed by atoms with van der Waals surface area (Å²) in [5, 5.41) is 0. The van der Waals surface area contributed by atoms with Gasteiger partial charge in [-0.25, -0.2) is 0 Å². The van der Waals surface area contributed by atoms with Crippen LogP contribution in [0.2, 0.25) is 0 Å². The summed E-state index contributed by atoms with van der Waals surface area (Å²) in [7, 11) is 0. The second-order valence-electron chi connectivity index (χ2n) is 5.02. The Morgan fingerprint density at radius 2 is 2.00 bits per heavy atom. The van der Waals surface area contributed by atoms with Gasteiger partial charge in [-0.2, -0.15) is 0 Å². The van der Waals surface area contributed by atoms with Crippen LogP contribution in [0.25, 0.3) is 6.08 Å². The number of carbonyl (C=O) groups excluding carboxylic acids is 1. The Morgan fingerprint density at radius 3 is 2.83 bits per heavy atom. The van der Waals surface area contributed by atoms with Gasteiger partial charge in [0.15, 0.2) is 0 Å². The van der Waals surface area contributed by atoms with Gasteiger partial charge >= 0.3 is 0 Å². The van der Waals surface area contributed by atoms with Crippen LogP contribution in [0.5, 0.6) is 0 Å². The maximum atomic E-state index is 12.2. The molecule has 2 aliphatic heterocycles. The summed E-state index contributed by atoms with van der Waals surface area (Å²) in [6, 6.07) is 10.4. The van der Waals surface area contributed by atoms with Crippen molar-refractivity contribution in [3.8, 4) is 0 Å². The van der Waals surface area contributed by atoms with Crippen LogP contribution >= 0.6 is 0 Å². The average Bonchev–Trinajstić information content (AvgIpc) is 2.79. The van der Waals surface area contributed by atoms with E-state index >= 15 is 0 Å². The van der Waals surface area contributed by atoms with Crippen LogP contribution in [0.1, 0.15) is 12.0 Å². The Bertz CT molecular complexity index is 455. The first-order valence-corrected chi connectivity index (χ1v) is 6.59. The van der Waals surface area contributed by atoms with E-state index in [1.165, 1.54) is 0 Å². The van der Waals surface area contributed by atoms with Crippen molar-refractivity contribution >= 4 is 12.0 Å². The molecule has 1 amide bonds. The van der Waals surface area contributed by atoms with Gasteiger partial charge in [-0.3, -0.25) is 9.69 Å². The Morgan fingerprint density at radius 1 is 1.17 bits per heavy atom. The van der Waals surface area contributed by atoms with Crippen LogP contribution in [0.15, 0.2) is 36.4 Å². The first-order valence-electron chi connectivity index (χ1n) is 6.59. The molecule has 0 spiro atoms. The Kier molecular flexibility index (Phi) is 3.15. The molecule has 0 aromatic heterocycles. The average molecular weight is 242 g/mol. The number of nitrogens with zero attached hydrogens (tertiary/aromatic N) is 2. The van der Waals surface area contributed by atoms with Crippen molar-refractivity contribution in [1.82, 2.24) is 9.80 Å². The predicted molar refractivity (Wildman–Crippen MR) is 72.0 cm³/mol. The number of hydrogen-bond acceptors (Lipinski definition) is 2. The number of rotatable bonds is 2. The highest BCUT2D eigenvalue weighted by molar-refractivity contribution is 5.92. The molecule has 2 aliphatic rings. The van der Waals surface area contributed by atoms with E-state index < -0.39 is 0 Å². The Hall–Kier alpha value is -1.61. The zero-order chi connectivity index (χ0) is 12.4. The van der Waals surface area contributed by atoms with Crippen molar-refractivity contribution in [2.75, 3.05) is 26.2 Å². The van der Waals surface area contributed by atoms with E-state index in [0.717, 1.165) is 38.2 Å². The second kappa shape index (κ2) is 4.94. The summed E-state index contributed by atoms with van der Waals surface area (Å²) < 4.78 is 0. The summed E-state index contributed by atoms with van der Waals surface area (Å²) in [5.74, 6) is 0.158. The van der Waals surface area contributed by atoms with Crippen LogP contribution in [-0.4, -0.2) is 47.9 Å². The maximum absolute atomic E-state index is 12.2. The largest absolute Gasteiger partial charge is 0.334 e. The van der Waals surface area contributed by atoms with Crippen molar-refractivity contribution in [3.63, 3.8) is 0 Å². The van der Waals surface area contributed by atoms with Crippen molar-refractivity contribution in [3.05, 3.63) is 42.0 Å². The number of hydrogen-bond donors (Lipinski definition) is 0. The lowest BCUT2D eigenvalue weighted by atomic mass is 10.1. The van der Waals surface area contributed by atoms with Gasteiger partial charge in [0.1, 0.15) is 0 Å². The normalized spacial score (nSPS) is 26.8. The number of piperazine rings is 1. The molecule has 18 heavy (non-hydrogen) atoms. The molecule has 3 heteroatoms. The van der Waals surface area contributed by atoms with E-state index in [2.05, 4.69) is 4.90 Å². The lowest BCUT2D eigenvalue weighted by Crippen LogP contribution is -2.48. The molecular formula is C15H18N2O. The van der Waals surface area contributed by atoms with Crippen molar-refractivity contribution in [2.45, 2.75) is 12.5 Å². The topological polar surface area (TPSA) is 23.6 Å². The molecule has 0 N–H and O–H groups in total. The number of benzene rings is 1. The highest BCUT2D eigenvalue weighted by Gasteiger charge is 2.33.